The number of nitriles is 1. The van der Waals surface area contributed by atoms with Crippen LogP contribution in [0.15, 0.2) is 70.7 Å². The van der Waals surface area contributed by atoms with Crippen molar-refractivity contribution in [3.8, 4) is 17.4 Å². The molecular weight excluding hydrogens is 298 g/mol. The van der Waals surface area contributed by atoms with Gasteiger partial charge in [-0.1, -0.05) is 36.4 Å². The number of carbonyl (C=O) groups excluding carboxylic acids is 1. The zero-order valence-corrected chi connectivity index (χ0v) is 12.8. The van der Waals surface area contributed by atoms with Gasteiger partial charge in [-0.3, -0.25) is 4.79 Å². The average Bonchev–Trinajstić information content (AvgIpc) is 3.21. The standard InChI is InChI=1S/C21H13NO2/c22-13-15-6-2-3-7-18(15)20-10-9-17(24-20)12-16-11-14-5-1-4-8-19(14)21(16)23/h1-10,12H,11H2. The normalized spacial score (nSPS) is 14.6. The molecule has 3 heteroatoms. The van der Waals surface area contributed by atoms with Crippen molar-refractivity contribution in [3.05, 3.63) is 88.7 Å². The van der Waals surface area contributed by atoms with Gasteiger partial charge in [0.15, 0.2) is 5.78 Å². The summed E-state index contributed by atoms with van der Waals surface area (Å²) in [5.41, 5.74) is 3.87. The number of fused-ring (bicyclic) bond motifs is 1. The highest BCUT2D eigenvalue weighted by molar-refractivity contribution is 6.15. The molecule has 1 aromatic heterocycles. The van der Waals surface area contributed by atoms with E-state index in [-0.39, 0.29) is 5.78 Å². The number of nitrogens with zero attached hydrogens (tertiary/aromatic N) is 1. The number of rotatable bonds is 2. The van der Waals surface area contributed by atoms with E-state index < -0.39 is 0 Å². The van der Waals surface area contributed by atoms with E-state index in [0.29, 0.717) is 23.5 Å². The summed E-state index contributed by atoms with van der Waals surface area (Å²) >= 11 is 0. The Labute approximate surface area is 139 Å². The summed E-state index contributed by atoms with van der Waals surface area (Å²) in [6, 6.07) is 20.8. The third-order valence-corrected chi connectivity index (χ3v) is 4.19. The van der Waals surface area contributed by atoms with Gasteiger partial charge in [-0.25, -0.2) is 0 Å². The van der Waals surface area contributed by atoms with Crippen LogP contribution in [0.25, 0.3) is 17.4 Å². The Morgan fingerprint density at radius 1 is 0.958 bits per heavy atom. The Kier molecular flexibility index (Phi) is 3.36. The lowest BCUT2D eigenvalue weighted by molar-refractivity contribution is 0.104. The molecule has 0 atom stereocenters. The molecule has 0 spiro atoms. The smallest absolute Gasteiger partial charge is 0.189 e. The van der Waals surface area contributed by atoms with E-state index in [1.807, 2.05) is 54.6 Å². The number of carbonyl (C=O) groups is 1. The maximum absolute atomic E-state index is 12.4. The molecule has 1 heterocycles. The zero-order valence-electron chi connectivity index (χ0n) is 12.8. The fourth-order valence-electron chi connectivity index (χ4n) is 3.01. The monoisotopic (exact) mass is 311 g/mol. The number of hydrogen-bond acceptors (Lipinski definition) is 3. The van der Waals surface area contributed by atoms with Gasteiger partial charge in [-0.15, -0.1) is 0 Å². The van der Waals surface area contributed by atoms with Gasteiger partial charge >= 0.3 is 0 Å². The Hall–Kier alpha value is -3.38. The second-order valence-electron chi connectivity index (χ2n) is 5.69. The van der Waals surface area contributed by atoms with Gasteiger partial charge in [0.1, 0.15) is 11.5 Å². The third-order valence-electron chi connectivity index (χ3n) is 4.19. The number of allylic oxidation sites excluding steroid dienone is 1. The molecule has 1 aliphatic carbocycles. The molecule has 0 fully saturated rings. The minimum Gasteiger partial charge on any atom is -0.457 e. The summed E-state index contributed by atoms with van der Waals surface area (Å²) in [4.78, 5) is 12.4. The molecule has 2 aromatic carbocycles. The molecule has 3 aromatic rings. The van der Waals surface area contributed by atoms with Crippen molar-refractivity contribution in [1.82, 2.24) is 0 Å². The molecule has 3 nitrogen and oxygen atoms in total. The van der Waals surface area contributed by atoms with Gasteiger partial charge in [0.05, 0.1) is 11.6 Å². The molecule has 0 amide bonds. The minimum atomic E-state index is 0.0565. The predicted octanol–water partition coefficient (Wildman–Crippen LogP) is 4.64. The van der Waals surface area contributed by atoms with Crippen LogP contribution < -0.4 is 0 Å². The lowest BCUT2D eigenvalue weighted by Crippen LogP contribution is -1.94. The molecule has 24 heavy (non-hydrogen) atoms. The largest absolute Gasteiger partial charge is 0.457 e. The molecule has 0 radical (unpaired) electrons. The van der Waals surface area contributed by atoms with Crippen LogP contribution in [0.4, 0.5) is 0 Å². The number of hydrogen-bond donors (Lipinski definition) is 0. The van der Waals surface area contributed by atoms with E-state index in [1.54, 1.807) is 12.1 Å². The lowest BCUT2D eigenvalue weighted by Gasteiger charge is -1.99. The Morgan fingerprint density at radius 2 is 1.71 bits per heavy atom. The van der Waals surface area contributed by atoms with Crippen molar-refractivity contribution < 1.29 is 9.21 Å². The van der Waals surface area contributed by atoms with Crippen LogP contribution in [-0.4, -0.2) is 5.78 Å². The summed E-state index contributed by atoms with van der Waals surface area (Å²) in [5, 5.41) is 9.20. The first-order chi connectivity index (χ1) is 11.8. The van der Waals surface area contributed by atoms with Crippen molar-refractivity contribution in [2.45, 2.75) is 6.42 Å². The van der Waals surface area contributed by atoms with Crippen molar-refractivity contribution in [2.24, 2.45) is 0 Å². The Bertz CT molecular complexity index is 1020. The second-order valence-corrected chi connectivity index (χ2v) is 5.69. The molecule has 0 saturated heterocycles. The van der Waals surface area contributed by atoms with Crippen molar-refractivity contribution in [2.75, 3.05) is 0 Å². The maximum atomic E-state index is 12.4. The molecule has 0 bridgehead atoms. The summed E-state index contributed by atoms with van der Waals surface area (Å²) < 4.78 is 5.84. The second kappa shape index (κ2) is 5.68. The number of furan rings is 1. The van der Waals surface area contributed by atoms with Crippen LogP contribution in [0.5, 0.6) is 0 Å². The maximum Gasteiger partial charge on any atom is 0.189 e. The highest BCUT2D eigenvalue weighted by atomic mass is 16.3. The average molecular weight is 311 g/mol. The van der Waals surface area contributed by atoms with Gasteiger partial charge in [-0.05, 0) is 35.9 Å². The fraction of sp³-hybridized carbons (Fsp3) is 0.0476. The number of Topliss-reactive ketones (excluding diaryl/α,β-unsaturated/α-hetero) is 1. The van der Waals surface area contributed by atoms with Crippen LogP contribution in [0.2, 0.25) is 0 Å². The Morgan fingerprint density at radius 3 is 2.50 bits per heavy atom. The van der Waals surface area contributed by atoms with E-state index in [2.05, 4.69) is 6.07 Å². The highest BCUT2D eigenvalue weighted by Gasteiger charge is 2.24. The molecule has 0 N–H and O–H groups in total. The first-order valence-corrected chi connectivity index (χ1v) is 7.69. The van der Waals surface area contributed by atoms with Gasteiger partial charge < -0.3 is 4.42 Å². The molecular formula is C21H13NO2. The van der Waals surface area contributed by atoms with E-state index in [9.17, 15) is 10.1 Å². The van der Waals surface area contributed by atoms with E-state index in [4.69, 9.17) is 4.42 Å². The Balaban J connectivity index is 1.68. The van der Waals surface area contributed by atoms with Crippen LogP contribution in [-0.2, 0) is 6.42 Å². The van der Waals surface area contributed by atoms with Crippen LogP contribution in [0, 0.1) is 11.3 Å². The van der Waals surface area contributed by atoms with Crippen molar-refractivity contribution in [3.63, 3.8) is 0 Å². The number of benzene rings is 2. The minimum absolute atomic E-state index is 0.0565. The highest BCUT2D eigenvalue weighted by Crippen LogP contribution is 2.30. The van der Waals surface area contributed by atoms with Gasteiger partial charge in [0, 0.05) is 23.1 Å². The molecule has 0 unspecified atom stereocenters. The molecule has 0 saturated carbocycles. The predicted molar refractivity (Wildman–Crippen MR) is 91.3 cm³/mol. The SMILES string of the molecule is N#Cc1ccccc1-c1ccc(C=C2Cc3ccccc3C2=O)o1. The van der Waals surface area contributed by atoms with E-state index >= 15 is 0 Å². The van der Waals surface area contributed by atoms with Crippen LogP contribution in [0.1, 0.15) is 27.2 Å². The molecule has 114 valence electrons. The first kappa shape index (κ1) is 14.2. The lowest BCUT2D eigenvalue weighted by atomic mass is 10.1. The van der Waals surface area contributed by atoms with Gasteiger partial charge in [0.2, 0.25) is 0 Å². The molecule has 0 aliphatic heterocycles. The third kappa shape index (κ3) is 2.35. The van der Waals surface area contributed by atoms with Gasteiger partial charge in [-0.2, -0.15) is 5.26 Å². The topological polar surface area (TPSA) is 54.0 Å². The van der Waals surface area contributed by atoms with Gasteiger partial charge in [0.25, 0.3) is 0 Å². The van der Waals surface area contributed by atoms with Crippen molar-refractivity contribution >= 4 is 11.9 Å². The quantitative estimate of drug-likeness (QED) is 0.648. The van der Waals surface area contributed by atoms with Crippen LogP contribution >= 0.6 is 0 Å². The molecule has 4 rings (SSSR count). The number of ketones is 1. The van der Waals surface area contributed by atoms with E-state index in [1.165, 1.54) is 0 Å². The van der Waals surface area contributed by atoms with Crippen LogP contribution in [0.3, 0.4) is 0 Å². The first-order valence-electron chi connectivity index (χ1n) is 7.69. The fourth-order valence-corrected chi connectivity index (χ4v) is 3.01. The summed E-state index contributed by atoms with van der Waals surface area (Å²) in [6.07, 6.45) is 2.42. The summed E-state index contributed by atoms with van der Waals surface area (Å²) in [5.74, 6) is 1.30. The summed E-state index contributed by atoms with van der Waals surface area (Å²) in [7, 11) is 0. The van der Waals surface area contributed by atoms with E-state index in [0.717, 1.165) is 22.3 Å². The zero-order chi connectivity index (χ0) is 16.5. The summed E-state index contributed by atoms with van der Waals surface area (Å²) in [6.45, 7) is 0. The van der Waals surface area contributed by atoms with Crippen molar-refractivity contribution in [1.29, 1.82) is 5.26 Å². The molecule has 1 aliphatic rings.